The zero-order valence-electron chi connectivity index (χ0n) is 15.9. The van der Waals surface area contributed by atoms with Crippen LogP contribution in [0.25, 0.3) is 0 Å². The molecule has 2 N–H and O–H groups in total. The summed E-state index contributed by atoms with van der Waals surface area (Å²) in [5, 5.41) is 6.01. The van der Waals surface area contributed by atoms with Crippen LogP contribution in [0.1, 0.15) is 10.5 Å². The number of hydrogen-bond donors (Lipinski definition) is 2. The van der Waals surface area contributed by atoms with Crippen molar-refractivity contribution < 1.29 is 19.0 Å². The predicted molar refractivity (Wildman–Crippen MR) is 108 cm³/mol. The minimum absolute atomic E-state index is 0.285. The molecule has 1 amide bonds. The predicted octanol–water partition coefficient (Wildman–Crippen LogP) is 4.10. The highest BCUT2D eigenvalue weighted by molar-refractivity contribution is 6.03. The molecular formula is C21H21N3O4. The summed E-state index contributed by atoms with van der Waals surface area (Å²) in [4.78, 5) is 16.8. The van der Waals surface area contributed by atoms with E-state index < -0.39 is 0 Å². The molecule has 3 rings (SSSR count). The Hall–Kier alpha value is -3.74. The summed E-state index contributed by atoms with van der Waals surface area (Å²) in [5.74, 6) is 1.01. The second-order valence-corrected chi connectivity index (χ2v) is 5.79. The van der Waals surface area contributed by atoms with Crippen molar-refractivity contribution in [2.45, 2.75) is 0 Å². The maximum atomic E-state index is 12.5. The average molecular weight is 379 g/mol. The Morgan fingerprint density at radius 2 is 1.50 bits per heavy atom. The summed E-state index contributed by atoms with van der Waals surface area (Å²) in [6.45, 7) is 0. The molecule has 0 saturated carbocycles. The van der Waals surface area contributed by atoms with Gasteiger partial charge < -0.3 is 24.8 Å². The van der Waals surface area contributed by atoms with Crippen LogP contribution in [0.4, 0.5) is 17.1 Å². The molecule has 0 fully saturated rings. The maximum absolute atomic E-state index is 12.5. The molecule has 144 valence electrons. The number of nitrogens with one attached hydrogen (secondary N) is 2. The van der Waals surface area contributed by atoms with Crippen LogP contribution in [0.5, 0.6) is 17.2 Å². The molecule has 3 aromatic rings. The number of nitrogens with zero attached hydrogens (tertiary/aromatic N) is 1. The topological polar surface area (TPSA) is 81.7 Å². The normalized spacial score (nSPS) is 10.1. The van der Waals surface area contributed by atoms with E-state index in [9.17, 15) is 4.79 Å². The Balaban J connectivity index is 1.74. The first-order valence-electron chi connectivity index (χ1n) is 8.54. The van der Waals surface area contributed by atoms with Crippen LogP contribution in [0.2, 0.25) is 0 Å². The highest BCUT2D eigenvalue weighted by Crippen LogP contribution is 2.40. The van der Waals surface area contributed by atoms with E-state index in [4.69, 9.17) is 14.2 Å². The van der Waals surface area contributed by atoms with Crippen molar-refractivity contribution >= 4 is 23.0 Å². The maximum Gasteiger partial charge on any atom is 0.274 e. The number of pyridine rings is 1. The number of carbonyl (C=O) groups is 1. The van der Waals surface area contributed by atoms with E-state index in [0.717, 1.165) is 11.4 Å². The number of methoxy groups -OCH3 is 3. The summed E-state index contributed by atoms with van der Waals surface area (Å²) in [7, 11) is 4.55. The monoisotopic (exact) mass is 379 g/mol. The number of carbonyl (C=O) groups excluding carboxylic acids is 1. The van der Waals surface area contributed by atoms with E-state index >= 15 is 0 Å². The van der Waals surface area contributed by atoms with Gasteiger partial charge in [-0.2, -0.15) is 0 Å². The molecular weight excluding hydrogens is 358 g/mol. The third-order valence-electron chi connectivity index (χ3n) is 3.98. The van der Waals surface area contributed by atoms with Crippen molar-refractivity contribution in [1.82, 2.24) is 4.98 Å². The zero-order valence-corrected chi connectivity index (χ0v) is 15.9. The van der Waals surface area contributed by atoms with Gasteiger partial charge in [0, 0.05) is 23.5 Å². The lowest BCUT2D eigenvalue weighted by Gasteiger charge is -2.14. The number of amides is 1. The molecule has 7 nitrogen and oxygen atoms in total. The van der Waals surface area contributed by atoms with Gasteiger partial charge in [-0.25, -0.2) is 4.98 Å². The van der Waals surface area contributed by atoms with Crippen LogP contribution in [0.15, 0.2) is 60.8 Å². The van der Waals surface area contributed by atoms with E-state index in [0.29, 0.717) is 22.9 Å². The SMILES string of the molecule is COc1cc(NC(=O)c2ccc(Nc3ccccc3)cn2)cc(OC)c1OC. The molecule has 0 spiro atoms. The highest BCUT2D eigenvalue weighted by atomic mass is 16.5. The van der Waals surface area contributed by atoms with Gasteiger partial charge in [-0.05, 0) is 24.3 Å². The number of rotatable bonds is 7. The summed E-state index contributed by atoms with van der Waals surface area (Å²) < 4.78 is 15.9. The molecule has 0 atom stereocenters. The minimum Gasteiger partial charge on any atom is -0.493 e. The Kier molecular flexibility index (Phi) is 5.96. The van der Waals surface area contributed by atoms with E-state index in [1.165, 1.54) is 21.3 Å². The smallest absolute Gasteiger partial charge is 0.274 e. The van der Waals surface area contributed by atoms with Gasteiger partial charge in [0.15, 0.2) is 11.5 Å². The number of benzene rings is 2. The van der Waals surface area contributed by atoms with Crippen molar-refractivity contribution in [3.05, 3.63) is 66.5 Å². The zero-order chi connectivity index (χ0) is 19.9. The van der Waals surface area contributed by atoms with Gasteiger partial charge in [0.05, 0.1) is 33.2 Å². The molecule has 0 unspecified atom stereocenters. The third kappa shape index (κ3) is 4.32. The first-order chi connectivity index (χ1) is 13.6. The summed E-state index contributed by atoms with van der Waals surface area (Å²) in [6.07, 6.45) is 1.61. The van der Waals surface area contributed by atoms with E-state index in [-0.39, 0.29) is 11.6 Å². The van der Waals surface area contributed by atoms with Crippen LogP contribution in [-0.4, -0.2) is 32.2 Å². The second-order valence-electron chi connectivity index (χ2n) is 5.79. The Morgan fingerprint density at radius 1 is 0.821 bits per heavy atom. The molecule has 1 aromatic heterocycles. The van der Waals surface area contributed by atoms with Gasteiger partial charge in [-0.3, -0.25) is 4.79 Å². The highest BCUT2D eigenvalue weighted by Gasteiger charge is 2.15. The Morgan fingerprint density at radius 3 is 2.04 bits per heavy atom. The number of hydrogen-bond acceptors (Lipinski definition) is 6. The quantitative estimate of drug-likeness (QED) is 0.643. The Labute approximate surface area is 163 Å². The van der Waals surface area contributed by atoms with Crippen molar-refractivity contribution in [2.24, 2.45) is 0 Å². The molecule has 0 bridgehead atoms. The van der Waals surface area contributed by atoms with E-state index in [1.807, 2.05) is 30.3 Å². The molecule has 2 aromatic carbocycles. The van der Waals surface area contributed by atoms with Crippen LogP contribution in [0.3, 0.4) is 0 Å². The largest absolute Gasteiger partial charge is 0.493 e. The van der Waals surface area contributed by atoms with Crippen LogP contribution >= 0.6 is 0 Å². The summed E-state index contributed by atoms with van der Waals surface area (Å²) in [6, 6.07) is 16.5. The number of aromatic nitrogens is 1. The van der Waals surface area contributed by atoms with Crippen molar-refractivity contribution in [1.29, 1.82) is 0 Å². The number of para-hydroxylation sites is 1. The van der Waals surface area contributed by atoms with Gasteiger partial charge in [-0.15, -0.1) is 0 Å². The average Bonchev–Trinajstić information content (AvgIpc) is 2.74. The fourth-order valence-corrected chi connectivity index (χ4v) is 2.64. The summed E-state index contributed by atoms with van der Waals surface area (Å²) in [5.41, 5.74) is 2.52. The van der Waals surface area contributed by atoms with Crippen molar-refractivity contribution in [2.75, 3.05) is 32.0 Å². The lowest BCUT2D eigenvalue weighted by Crippen LogP contribution is -2.14. The Bertz CT molecular complexity index is 919. The van der Waals surface area contributed by atoms with Crippen LogP contribution in [0, 0.1) is 0 Å². The molecule has 28 heavy (non-hydrogen) atoms. The van der Waals surface area contributed by atoms with Crippen molar-refractivity contribution in [3.8, 4) is 17.2 Å². The van der Waals surface area contributed by atoms with E-state index in [1.54, 1.807) is 30.5 Å². The van der Waals surface area contributed by atoms with Gasteiger partial charge in [0.2, 0.25) is 5.75 Å². The molecule has 0 saturated heterocycles. The fraction of sp³-hybridized carbons (Fsp3) is 0.143. The molecule has 7 heteroatoms. The molecule has 1 heterocycles. The number of anilines is 3. The fourth-order valence-electron chi connectivity index (χ4n) is 2.64. The van der Waals surface area contributed by atoms with E-state index in [2.05, 4.69) is 15.6 Å². The molecule has 0 aliphatic carbocycles. The van der Waals surface area contributed by atoms with Gasteiger partial charge in [0.25, 0.3) is 5.91 Å². The van der Waals surface area contributed by atoms with Crippen molar-refractivity contribution in [3.63, 3.8) is 0 Å². The third-order valence-corrected chi connectivity index (χ3v) is 3.98. The molecule has 0 aliphatic heterocycles. The molecule has 0 aliphatic rings. The first kappa shape index (κ1) is 19.0. The second kappa shape index (κ2) is 8.77. The van der Waals surface area contributed by atoms with Gasteiger partial charge >= 0.3 is 0 Å². The van der Waals surface area contributed by atoms with Crippen LogP contribution < -0.4 is 24.8 Å². The summed E-state index contributed by atoms with van der Waals surface area (Å²) >= 11 is 0. The lowest BCUT2D eigenvalue weighted by atomic mass is 10.2. The lowest BCUT2D eigenvalue weighted by molar-refractivity contribution is 0.102. The van der Waals surface area contributed by atoms with Crippen LogP contribution in [-0.2, 0) is 0 Å². The number of ether oxygens (including phenoxy) is 3. The molecule has 0 radical (unpaired) electrons. The minimum atomic E-state index is -0.347. The standard InChI is InChI=1S/C21H21N3O4/c1-26-18-11-16(12-19(27-2)20(18)28-3)24-21(25)17-10-9-15(13-22-17)23-14-7-5-4-6-8-14/h4-13,23H,1-3H3,(H,24,25). The van der Waals surface area contributed by atoms with Gasteiger partial charge in [-0.1, -0.05) is 18.2 Å². The first-order valence-corrected chi connectivity index (χ1v) is 8.54. The van der Waals surface area contributed by atoms with Gasteiger partial charge in [0.1, 0.15) is 5.69 Å².